The maximum atomic E-state index is 12.6. The standard InChI is InChI=1S/C17H13N7O3/c1-11-16(17(25)20-22-10-18-14-7-2-3-8-15(14)22)19-21-23(11)12-5-4-6-13(9-12)24(26)27/h2-10H,1H3,(H,20,25). The van der Waals surface area contributed by atoms with Gasteiger partial charge in [-0.1, -0.05) is 23.4 Å². The average Bonchev–Trinajstić information content (AvgIpc) is 3.26. The van der Waals surface area contributed by atoms with Crippen LogP contribution in [-0.4, -0.2) is 35.5 Å². The van der Waals surface area contributed by atoms with Crippen LogP contribution in [0, 0.1) is 17.0 Å². The number of amides is 1. The minimum absolute atomic E-state index is 0.0710. The monoisotopic (exact) mass is 363 g/mol. The Morgan fingerprint density at radius 1 is 1.19 bits per heavy atom. The Kier molecular flexibility index (Phi) is 3.84. The molecule has 2 heterocycles. The van der Waals surface area contributed by atoms with E-state index < -0.39 is 10.8 Å². The van der Waals surface area contributed by atoms with Crippen LogP contribution < -0.4 is 5.43 Å². The first kappa shape index (κ1) is 16.4. The van der Waals surface area contributed by atoms with Crippen molar-refractivity contribution in [2.45, 2.75) is 6.92 Å². The zero-order chi connectivity index (χ0) is 19.0. The van der Waals surface area contributed by atoms with Gasteiger partial charge in [-0.2, -0.15) is 0 Å². The highest BCUT2D eigenvalue weighted by molar-refractivity contribution is 6.00. The summed E-state index contributed by atoms with van der Waals surface area (Å²) in [6.07, 6.45) is 1.50. The van der Waals surface area contributed by atoms with Crippen molar-refractivity contribution < 1.29 is 9.72 Å². The minimum Gasteiger partial charge on any atom is -0.265 e. The third-order valence-corrected chi connectivity index (χ3v) is 4.07. The van der Waals surface area contributed by atoms with Crippen molar-refractivity contribution in [3.05, 3.63) is 76.4 Å². The van der Waals surface area contributed by atoms with Gasteiger partial charge in [-0.15, -0.1) is 5.10 Å². The number of nitrogens with one attached hydrogen (secondary N) is 1. The molecular formula is C17H13N7O3. The average molecular weight is 363 g/mol. The zero-order valence-corrected chi connectivity index (χ0v) is 14.1. The van der Waals surface area contributed by atoms with Gasteiger partial charge in [-0.25, -0.2) is 14.3 Å². The van der Waals surface area contributed by atoms with Crippen molar-refractivity contribution in [2.75, 3.05) is 5.43 Å². The molecule has 0 saturated heterocycles. The molecule has 2 aromatic heterocycles. The summed E-state index contributed by atoms with van der Waals surface area (Å²) in [5.74, 6) is -0.465. The maximum Gasteiger partial charge on any atom is 0.292 e. The first-order valence-corrected chi connectivity index (χ1v) is 7.95. The van der Waals surface area contributed by atoms with E-state index in [2.05, 4.69) is 20.7 Å². The van der Waals surface area contributed by atoms with E-state index in [0.29, 0.717) is 11.4 Å². The number of imidazole rings is 1. The van der Waals surface area contributed by atoms with Crippen LogP contribution in [0.5, 0.6) is 0 Å². The third kappa shape index (κ3) is 2.88. The van der Waals surface area contributed by atoms with Crippen molar-refractivity contribution in [3.63, 3.8) is 0 Å². The lowest BCUT2D eigenvalue weighted by atomic mass is 10.2. The highest BCUT2D eigenvalue weighted by atomic mass is 16.6. The lowest BCUT2D eigenvalue weighted by Crippen LogP contribution is -2.23. The van der Waals surface area contributed by atoms with Crippen LogP contribution in [0.3, 0.4) is 0 Å². The van der Waals surface area contributed by atoms with Gasteiger partial charge in [0.2, 0.25) is 0 Å². The number of nitro benzene ring substituents is 1. The van der Waals surface area contributed by atoms with E-state index in [4.69, 9.17) is 0 Å². The van der Waals surface area contributed by atoms with E-state index in [0.717, 1.165) is 11.0 Å². The summed E-state index contributed by atoms with van der Waals surface area (Å²) in [5.41, 5.74) is 5.14. The first-order valence-electron chi connectivity index (χ1n) is 7.95. The topological polar surface area (TPSA) is 121 Å². The molecule has 2 aromatic carbocycles. The molecule has 1 N–H and O–H groups in total. The number of nitrogens with zero attached hydrogens (tertiary/aromatic N) is 6. The quantitative estimate of drug-likeness (QED) is 0.438. The van der Waals surface area contributed by atoms with E-state index >= 15 is 0 Å². The first-order chi connectivity index (χ1) is 13.0. The van der Waals surface area contributed by atoms with Gasteiger partial charge in [0.1, 0.15) is 6.33 Å². The lowest BCUT2D eigenvalue weighted by Gasteiger charge is -2.06. The van der Waals surface area contributed by atoms with Crippen molar-refractivity contribution in [2.24, 2.45) is 0 Å². The van der Waals surface area contributed by atoms with Crippen LogP contribution in [0.15, 0.2) is 54.9 Å². The molecule has 10 heteroatoms. The summed E-state index contributed by atoms with van der Waals surface area (Å²) in [4.78, 5) is 27.3. The molecule has 0 spiro atoms. The Morgan fingerprint density at radius 3 is 2.81 bits per heavy atom. The summed E-state index contributed by atoms with van der Waals surface area (Å²) in [5, 5.41) is 18.8. The predicted octanol–water partition coefficient (Wildman–Crippen LogP) is 2.22. The number of aromatic nitrogens is 5. The molecule has 1 amide bonds. The van der Waals surface area contributed by atoms with E-state index in [9.17, 15) is 14.9 Å². The molecule has 0 radical (unpaired) electrons. The molecule has 0 bridgehead atoms. The molecule has 0 aliphatic carbocycles. The van der Waals surface area contributed by atoms with Gasteiger partial charge in [0.25, 0.3) is 11.6 Å². The molecule has 0 aliphatic heterocycles. The number of non-ortho nitro benzene ring substituents is 1. The molecule has 0 fully saturated rings. The Bertz CT molecular complexity index is 1180. The lowest BCUT2D eigenvalue weighted by molar-refractivity contribution is -0.384. The summed E-state index contributed by atoms with van der Waals surface area (Å²) < 4.78 is 2.89. The van der Waals surface area contributed by atoms with Gasteiger partial charge >= 0.3 is 0 Å². The van der Waals surface area contributed by atoms with Gasteiger partial charge in [-0.05, 0) is 25.1 Å². The fraction of sp³-hybridized carbons (Fsp3) is 0.0588. The fourth-order valence-electron chi connectivity index (χ4n) is 2.73. The fourth-order valence-corrected chi connectivity index (χ4v) is 2.73. The number of hydrogen-bond acceptors (Lipinski definition) is 6. The van der Waals surface area contributed by atoms with Crippen LogP contribution in [-0.2, 0) is 0 Å². The molecule has 0 atom stereocenters. The molecule has 0 unspecified atom stereocenters. The van der Waals surface area contributed by atoms with E-state index in [-0.39, 0.29) is 11.4 Å². The number of para-hydroxylation sites is 2. The van der Waals surface area contributed by atoms with Gasteiger partial charge in [0, 0.05) is 12.1 Å². The number of hydrogen-bond donors (Lipinski definition) is 1. The Labute approximate surface area is 152 Å². The van der Waals surface area contributed by atoms with E-state index in [1.54, 1.807) is 19.1 Å². The summed E-state index contributed by atoms with van der Waals surface area (Å²) in [6.45, 7) is 1.67. The molecule has 0 aliphatic rings. The van der Waals surface area contributed by atoms with Crippen LogP contribution in [0.1, 0.15) is 16.2 Å². The minimum atomic E-state index is -0.493. The van der Waals surface area contributed by atoms with Gasteiger partial charge < -0.3 is 0 Å². The molecular weight excluding hydrogens is 350 g/mol. The van der Waals surface area contributed by atoms with Gasteiger partial charge in [-0.3, -0.25) is 20.3 Å². The van der Waals surface area contributed by atoms with E-state index in [1.165, 1.54) is 27.8 Å². The second kappa shape index (κ2) is 6.33. The number of carbonyl (C=O) groups is 1. The number of fused-ring (bicyclic) bond motifs is 1. The number of benzene rings is 2. The second-order valence-electron chi connectivity index (χ2n) is 5.76. The smallest absolute Gasteiger partial charge is 0.265 e. The third-order valence-electron chi connectivity index (χ3n) is 4.07. The summed E-state index contributed by atoms with van der Waals surface area (Å²) in [6, 6.07) is 13.3. The molecule has 134 valence electrons. The maximum absolute atomic E-state index is 12.6. The summed E-state index contributed by atoms with van der Waals surface area (Å²) >= 11 is 0. The highest BCUT2D eigenvalue weighted by Crippen LogP contribution is 2.18. The van der Waals surface area contributed by atoms with Gasteiger partial charge in [0.05, 0.1) is 27.3 Å². The highest BCUT2D eigenvalue weighted by Gasteiger charge is 2.19. The van der Waals surface area contributed by atoms with E-state index in [1.807, 2.05) is 24.3 Å². The van der Waals surface area contributed by atoms with Gasteiger partial charge in [0.15, 0.2) is 5.69 Å². The second-order valence-corrected chi connectivity index (χ2v) is 5.76. The van der Waals surface area contributed by atoms with Crippen LogP contribution in [0.4, 0.5) is 5.69 Å². The normalized spacial score (nSPS) is 10.9. The van der Waals surface area contributed by atoms with Crippen molar-refractivity contribution in [3.8, 4) is 5.69 Å². The molecule has 4 rings (SSSR count). The Morgan fingerprint density at radius 2 is 2.00 bits per heavy atom. The van der Waals surface area contributed by atoms with Crippen molar-refractivity contribution in [1.82, 2.24) is 24.7 Å². The number of carbonyl (C=O) groups excluding carboxylic acids is 1. The Hall–Kier alpha value is -4.08. The SMILES string of the molecule is Cc1c(C(=O)Nn2cnc3ccccc32)nnn1-c1cccc([N+](=O)[O-])c1. The van der Waals surface area contributed by atoms with Crippen LogP contribution >= 0.6 is 0 Å². The zero-order valence-electron chi connectivity index (χ0n) is 14.1. The number of rotatable bonds is 4. The largest absolute Gasteiger partial charge is 0.292 e. The van der Waals surface area contributed by atoms with Crippen LogP contribution in [0.25, 0.3) is 16.7 Å². The molecule has 0 saturated carbocycles. The molecule has 10 nitrogen and oxygen atoms in total. The number of nitro groups is 1. The molecule has 4 aromatic rings. The summed E-state index contributed by atoms with van der Waals surface area (Å²) in [7, 11) is 0. The van der Waals surface area contributed by atoms with Crippen molar-refractivity contribution >= 4 is 22.6 Å². The Balaban J connectivity index is 1.65. The van der Waals surface area contributed by atoms with Crippen LogP contribution in [0.2, 0.25) is 0 Å². The predicted molar refractivity (Wildman–Crippen MR) is 96.2 cm³/mol. The van der Waals surface area contributed by atoms with Crippen molar-refractivity contribution in [1.29, 1.82) is 0 Å². The molecule has 27 heavy (non-hydrogen) atoms.